The lowest BCUT2D eigenvalue weighted by Gasteiger charge is -2.35. The van der Waals surface area contributed by atoms with E-state index in [9.17, 15) is 15.0 Å². The van der Waals surface area contributed by atoms with E-state index in [0.717, 1.165) is 32.9 Å². The average molecular weight is 406 g/mol. The molecule has 1 saturated heterocycles. The Labute approximate surface area is 170 Å². The largest absolute Gasteiger partial charge is 0.508 e. The first-order chi connectivity index (χ1) is 13.8. The minimum atomic E-state index is -0.833. The number of ether oxygens (including phenoxy) is 1. The van der Waals surface area contributed by atoms with Gasteiger partial charge in [0.15, 0.2) is 0 Å². The number of fused-ring (bicyclic) bond motifs is 1. The highest BCUT2D eigenvalue weighted by atomic mass is 16.5. The third kappa shape index (κ3) is 6.33. The second kappa shape index (κ2) is 9.45. The summed E-state index contributed by atoms with van der Waals surface area (Å²) in [6.45, 7) is 3.62. The second-order valence-electron chi connectivity index (χ2n) is 8.29. The fraction of sp³-hybridized carbons (Fsp3) is 0.619. The number of benzene rings is 1. The second-order valence-corrected chi connectivity index (χ2v) is 8.29. The Hall–Kier alpha value is -2.32. The van der Waals surface area contributed by atoms with Crippen molar-refractivity contribution < 1.29 is 29.6 Å². The number of amides is 1. The van der Waals surface area contributed by atoms with Crippen LogP contribution in [-0.4, -0.2) is 59.0 Å². The number of carbonyl (C=O) groups excluding carboxylic acids is 1. The number of rotatable bonds is 5. The molecule has 2 saturated carbocycles. The molecule has 8 heteroatoms. The number of aliphatic hydroxyl groups excluding tert-OH is 1. The van der Waals surface area contributed by atoms with Crippen LogP contribution in [0.1, 0.15) is 43.0 Å². The van der Waals surface area contributed by atoms with Crippen LogP contribution in [0, 0.1) is 17.8 Å². The highest BCUT2D eigenvalue weighted by Gasteiger charge is 2.39. The van der Waals surface area contributed by atoms with E-state index in [1.165, 1.54) is 25.0 Å². The van der Waals surface area contributed by atoms with E-state index >= 15 is 0 Å². The topological polar surface area (TPSA) is 128 Å². The van der Waals surface area contributed by atoms with E-state index in [1.807, 2.05) is 0 Å². The molecule has 1 amide bonds. The molecule has 4 rings (SSSR count). The number of aliphatic hydroxyl groups is 1. The lowest BCUT2D eigenvalue weighted by molar-refractivity contribution is -0.134. The van der Waals surface area contributed by atoms with E-state index in [4.69, 9.17) is 14.6 Å². The number of aromatic hydroxyl groups is 1. The number of nitrogens with one attached hydrogen (secondary N) is 2. The first kappa shape index (κ1) is 21.4. The van der Waals surface area contributed by atoms with Crippen LogP contribution in [0.5, 0.6) is 11.5 Å². The van der Waals surface area contributed by atoms with Crippen LogP contribution in [0.25, 0.3) is 0 Å². The molecule has 3 aliphatic rings. The van der Waals surface area contributed by atoms with Gasteiger partial charge in [0.05, 0.1) is 18.8 Å². The number of phenolic OH excluding ortho intramolecular Hbond substituents is 1. The van der Waals surface area contributed by atoms with Gasteiger partial charge >= 0.3 is 0 Å². The Bertz CT molecular complexity index is 732. The molecule has 0 spiro atoms. The van der Waals surface area contributed by atoms with Gasteiger partial charge in [-0.1, -0.05) is 0 Å². The zero-order valence-corrected chi connectivity index (χ0v) is 16.6. The molecule has 0 radical (unpaired) electrons. The van der Waals surface area contributed by atoms with E-state index in [0.29, 0.717) is 35.7 Å². The first-order valence-electron chi connectivity index (χ1n) is 10.2. The molecule has 0 bridgehead atoms. The van der Waals surface area contributed by atoms with Gasteiger partial charge < -0.3 is 30.7 Å². The molecule has 4 atom stereocenters. The predicted octanol–water partition coefficient (Wildman–Crippen LogP) is 1.36. The van der Waals surface area contributed by atoms with Crippen LogP contribution in [0.2, 0.25) is 0 Å². The molecule has 0 aromatic heterocycles. The standard InChI is InChI=1S/C19H26N2O4.C2H4O2/c22-15-3-12(4-16(7-15)25-10-11-1-2-11)19(24)21-17-5-13-8-20-9-14(13)6-18(17)23;1-2(3)4/h3-4,7,11,13-14,17-18,20,22-23H,1-2,5-6,8-10H2,(H,21,24);1H3,(H,3,4)/t13-,14+,17-,18-;/m0./s1. The van der Waals surface area contributed by atoms with Gasteiger partial charge in [0.2, 0.25) is 0 Å². The van der Waals surface area contributed by atoms with Crippen molar-refractivity contribution in [2.45, 2.75) is 44.8 Å². The van der Waals surface area contributed by atoms with Gasteiger partial charge in [0.25, 0.3) is 11.9 Å². The SMILES string of the molecule is CC(=O)O.O=C(N[C@H]1C[C@H]2CNC[C@H]2C[C@@H]1O)c1cc(O)cc(OCC2CC2)c1. The molecular formula is C21H30N2O6. The number of carboxylic acid groups (broad SMARTS) is 1. The van der Waals surface area contributed by atoms with Gasteiger partial charge in [-0.2, -0.15) is 0 Å². The first-order valence-corrected chi connectivity index (χ1v) is 10.2. The van der Waals surface area contributed by atoms with Gasteiger partial charge in [0.1, 0.15) is 11.5 Å². The highest BCUT2D eigenvalue weighted by Crippen LogP contribution is 2.33. The minimum absolute atomic E-state index is 0.0164. The van der Waals surface area contributed by atoms with Crippen LogP contribution < -0.4 is 15.4 Å². The highest BCUT2D eigenvalue weighted by molar-refractivity contribution is 5.95. The summed E-state index contributed by atoms with van der Waals surface area (Å²) in [7, 11) is 0. The fourth-order valence-electron chi connectivity index (χ4n) is 4.00. The van der Waals surface area contributed by atoms with Crippen molar-refractivity contribution in [1.82, 2.24) is 10.6 Å². The maximum Gasteiger partial charge on any atom is 0.300 e. The Morgan fingerprint density at radius 3 is 2.48 bits per heavy atom. The quantitative estimate of drug-likeness (QED) is 0.499. The van der Waals surface area contributed by atoms with Gasteiger partial charge in [-0.3, -0.25) is 9.59 Å². The van der Waals surface area contributed by atoms with Crippen LogP contribution in [0.15, 0.2) is 18.2 Å². The molecule has 29 heavy (non-hydrogen) atoms. The third-order valence-corrected chi connectivity index (χ3v) is 5.70. The average Bonchev–Trinajstić information content (AvgIpc) is 3.37. The predicted molar refractivity (Wildman–Crippen MR) is 106 cm³/mol. The maximum atomic E-state index is 12.6. The van der Waals surface area contributed by atoms with E-state index in [1.54, 1.807) is 6.07 Å². The Balaban J connectivity index is 0.000000552. The van der Waals surface area contributed by atoms with Gasteiger partial charge in [0, 0.05) is 18.6 Å². The summed E-state index contributed by atoms with van der Waals surface area (Å²) in [6, 6.07) is 4.39. The zero-order valence-electron chi connectivity index (χ0n) is 16.6. The summed E-state index contributed by atoms with van der Waals surface area (Å²) in [6.07, 6.45) is 3.35. The molecule has 0 unspecified atom stereocenters. The zero-order chi connectivity index (χ0) is 21.0. The van der Waals surface area contributed by atoms with Gasteiger partial charge in [-0.05, 0) is 68.7 Å². The number of hydrogen-bond acceptors (Lipinski definition) is 6. The Kier molecular flexibility index (Phi) is 6.97. The van der Waals surface area contributed by atoms with Gasteiger partial charge in [-0.25, -0.2) is 0 Å². The maximum absolute atomic E-state index is 12.6. The van der Waals surface area contributed by atoms with Gasteiger partial charge in [-0.15, -0.1) is 0 Å². The van der Waals surface area contributed by atoms with Crippen molar-refractivity contribution in [3.05, 3.63) is 23.8 Å². The number of phenols is 1. The lowest BCUT2D eigenvalue weighted by Crippen LogP contribution is -2.49. The molecule has 5 N–H and O–H groups in total. The molecule has 2 aliphatic carbocycles. The molecule has 1 heterocycles. The van der Waals surface area contributed by atoms with Crippen molar-refractivity contribution in [2.75, 3.05) is 19.7 Å². The molecule has 3 fully saturated rings. The minimum Gasteiger partial charge on any atom is -0.508 e. The monoisotopic (exact) mass is 406 g/mol. The third-order valence-electron chi connectivity index (χ3n) is 5.70. The smallest absolute Gasteiger partial charge is 0.300 e. The number of hydrogen-bond donors (Lipinski definition) is 5. The van der Waals surface area contributed by atoms with Crippen molar-refractivity contribution in [3.63, 3.8) is 0 Å². The molecule has 160 valence electrons. The van der Waals surface area contributed by atoms with Crippen LogP contribution in [0.4, 0.5) is 0 Å². The number of carboxylic acids is 1. The summed E-state index contributed by atoms with van der Waals surface area (Å²) in [5.41, 5.74) is 0.365. The summed E-state index contributed by atoms with van der Waals surface area (Å²) < 4.78 is 5.67. The van der Waals surface area contributed by atoms with Crippen molar-refractivity contribution in [3.8, 4) is 11.5 Å². The fourth-order valence-corrected chi connectivity index (χ4v) is 4.00. The Morgan fingerprint density at radius 1 is 1.17 bits per heavy atom. The molecule has 1 aromatic rings. The molecule has 8 nitrogen and oxygen atoms in total. The molecule has 1 aromatic carbocycles. The van der Waals surface area contributed by atoms with Crippen LogP contribution in [0.3, 0.4) is 0 Å². The van der Waals surface area contributed by atoms with Crippen LogP contribution >= 0.6 is 0 Å². The lowest BCUT2D eigenvalue weighted by atomic mass is 9.77. The number of carbonyl (C=O) groups is 2. The van der Waals surface area contributed by atoms with Crippen molar-refractivity contribution >= 4 is 11.9 Å². The van der Waals surface area contributed by atoms with E-state index < -0.39 is 12.1 Å². The molecule has 1 aliphatic heterocycles. The molecular weight excluding hydrogens is 376 g/mol. The van der Waals surface area contributed by atoms with Crippen molar-refractivity contribution in [2.24, 2.45) is 17.8 Å². The Morgan fingerprint density at radius 2 is 1.83 bits per heavy atom. The summed E-state index contributed by atoms with van der Waals surface area (Å²) in [4.78, 5) is 21.6. The van der Waals surface area contributed by atoms with E-state index in [-0.39, 0.29) is 17.7 Å². The normalized spacial score (nSPS) is 27.9. The summed E-state index contributed by atoms with van der Waals surface area (Å²) in [5.74, 6) is 1.04. The number of aliphatic carboxylic acids is 1. The van der Waals surface area contributed by atoms with Crippen LogP contribution in [-0.2, 0) is 4.79 Å². The van der Waals surface area contributed by atoms with Crippen molar-refractivity contribution in [1.29, 1.82) is 0 Å². The summed E-state index contributed by atoms with van der Waals surface area (Å²) in [5, 5.41) is 34.0. The summed E-state index contributed by atoms with van der Waals surface area (Å²) >= 11 is 0. The van der Waals surface area contributed by atoms with E-state index in [2.05, 4.69) is 10.6 Å².